The van der Waals surface area contributed by atoms with E-state index in [-0.39, 0.29) is 6.54 Å². The Morgan fingerprint density at radius 3 is 2.04 bits per heavy atom. The number of benzene rings is 2. The zero-order chi connectivity index (χ0) is 17.7. The highest BCUT2D eigenvalue weighted by atomic mass is 16.5. The van der Waals surface area contributed by atoms with Crippen LogP contribution in [-0.2, 0) is 6.54 Å². The van der Waals surface area contributed by atoms with E-state index in [0.29, 0.717) is 33.8 Å². The fourth-order valence-corrected chi connectivity index (χ4v) is 3.25. The minimum absolute atomic E-state index is 0.111. The van der Waals surface area contributed by atoms with E-state index >= 15 is 0 Å². The molecule has 0 saturated carbocycles. The van der Waals surface area contributed by atoms with Crippen molar-refractivity contribution in [1.29, 1.82) is 0 Å². The van der Waals surface area contributed by atoms with E-state index in [2.05, 4.69) is 0 Å². The first kappa shape index (κ1) is 15.2. The number of rotatable bonds is 3. The predicted molar refractivity (Wildman–Crippen MR) is 86.4 cm³/mol. The lowest BCUT2D eigenvalue weighted by molar-refractivity contribution is 0.00476. The van der Waals surface area contributed by atoms with Crippen LogP contribution in [-0.4, -0.2) is 42.0 Å². The molecule has 2 aromatic carbocycles. The summed E-state index contributed by atoms with van der Waals surface area (Å²) in [5.74, 6) is -0.774. The minimum atomic E-state index is -0.507. The number of fused-ring (bicyclic) bond motifs is 2. The third kappa shape index (κ3) is 1.95. The van der Waals surface area contributed by atoms with Crippen LogP contribution in [0.2, 0.25) is 0 Å². The molecule has 0 atom stereocenters. The molecule has 7 nitrogen and oxygen atoms in total. The fraction of sp³-hybridized carbons (Fsp3) is 0.167. The average Bonchev–Trinajstić information content (AvgIpc) is 3.09. The Morgan fingerprint density at radius 2 is 1.48 bits per heavy atom. The summed E-state index contributed by atoms with van der Waals surface area (Å²) in [5.41, 5.74) is 1.55. The van der Waals surface area contributed by atoms with E-state index in [4.69, 9.17) is 9.47 Å². The number of methoxy groups -OCH3 is 2. The monoisotopic (exact) mass is 338 g/mol. The van der Waals surface area contributed by atoms with Crippen molar-refractivity contribution in [2.45, 2.75) is 6.54 Å². The van der Waals surface area contributed by atoms with E-state index in [0.717, 1.165) is 10.0 Å². The minimum Gasteiger partial charge on any atom is -0.493 e. The van der Waals surface area contributed by atoms with Crippen molar-refractivity contribution in [1.82, 2.24) is 10.0 Å². The second-order valence-electron chi connectivity index (χ2n) is 5.67. The summed E-state index contributed by atoms with van der Waals surface area (Å²) in [5, 5.41) is 2.05. The molecule has 0 spiro atoms. The van der Waals surface area contributed by atoms with Crippen LogP contribution in [0, 0.1) is 0 Å². The SMILES string of the molecule is COc1ccc2c(c1OC)C(=O)N(N1C(=O)c3ccccc3C1=O)C2. The van der Waals surface area contributed by atoms with Crippen molar-refractivity contribution >= 4 is 17.7 Å². The van der Waals surface area contributed by atoms with Gasteiger partial charge in [0.05, 0.1) is 37.5 Å². The molecule has 2 heterocycles. The molecule has 7 heteroatoms. The molecule has 0 unspecified atom stereocenters. The van der Waals surface area contributed by atoms with Gasteiger partial charge in [-0.25, -0.2) is 5.01 Å². The average molecular weight is 338 g/mol. The molecular weight excluding hydrogens is 324 g/mol. The normalized spacial score (nSPS) is 15.5. The van der Waals surface area contributed by atoms with E-state index in [1.165, 1.54) is 14.2 Å². The molecule has 2 aromatic rings. The van der Waals surface area contributed by atoms with Gasteiger partial charge in [0.25, 0.3) is 17.7 Å². The second-order valence-corrected chi connectivity index (χ2v) is 5.67. The largest absolute Gasteiger partial charge is 0.493 e. The van der Waals surface area contributed by atoms with Crippen LogP contribution < -0.4 is 9.47 Å². The van der Waals surface area contributed by atoms with Crippen LogP contribution in [0.5, 0.6) is 11.5 Å². The zero-order valence-corrected chi connectivity index (χ0v) is 13.6. The maximum Gasteiger partial charge on any atom is 0.280 e. The number of amides is 3. The summed E-state index contributed by atoms with van der Waals surface area (Å²) in [4.78, 5) is 38.2. The number of carbonyl (C=O) groups is 3. The molecule has 0 saturated heterocycles. The highest BCUT2D eigenvalue weighted by Crippen LogP contribution is 2.40. The summed E-state index contributed by atoms with van der Waals surface area (Å²) in [6.45, 7) is 0.111. The lowest BCUT2D eigenvalue weighted by Gasteiger charge is -2.25. The maximum absolute atomic E-state index is 12.9. The van der Waals surface area contributed by atoms with Crippen molar-refractivity contribution in [2.75, 3.05) is 14.2 Å². The Balaban J connectivity index is 1.77. The topological polar surface area (TPSA) is 76.2 Å². The molecule has 0 fully saturated rings. The van der Waals surface area contributed by atoms with Gasteiger partial charge in [-0.2, -0.15) is 5.01 Å². The van der Waals surface area contributed by atoms with Gasteiger partial charge in [-0.3, -0.25) is 14.4 Å². The first-order chi connectivity index (χ1) is 12.1. The quantitative estimate of drug-likeness (QED) is 0.799. The number of hydrogen-bond donors (Lipinski definition) is 0. The van der Waals surface area contributed by atoms with Gasteiger partial charge >= 0.3 is 0 Å². The third-order valence-corrected chi connectivity index (χ3v) is 4.41. The third-order valence-electron chi connectivity index (χ3n) is 4.41. The van der Waals surface area contributed by atoms with Gasteiger partial charge in [0.1, 0.15) is 0 Å². The second kappa shape index (κ2) is 5.34. The Morgan fingerprint density at radius 1 is 0.840 bits per heavy atom. The Hall–Kier alpha value is -3.35. The summed E-state index contributed by atoms with van der Waals surface area (Å²) >= 11 is 0. The van der Waals surface area contributed by atoms with E-state index < -0.39 is 17.7 Å². The van der Waals surface area contributed by atoms with Crippen LogP contribution >= 0.6 is 0 Å². The van der Waals surface area contributed by atoms with Crippen molar-refractivity contribution < 1.29 is 23.9 Å². The lowest BCUT2D eigenvalue weighted by atomic mass is 10.1. The van der Waals surface area contributed by atoms with Crippen LogP contribution in [0.25, 0.3) is 0 Å². The molecule has 0 radical (unpaired) electrons. The molecule has 126 valence electrons. The van der Waals surface area contributed by atoms with Crippen molar-refractivity contribution in [2.24, 2.45) is 0 Å². The highest BCUT2D eigenvalue weighted by molar-refractivity contribution is 6.22. The van der Waals surface area contributed by atoms with Crippen molar-refractivity contribution in [3.63, 3.8) is 0 Å². The molecule has 2 aliphatic rings. The number of hydrazine groups is 1. The maximum atomic E-state index is 12.9. The van der Waals surface area contributed by atoms with E-state index in [1.807, 2.05) is 0 Å². The highest BCUT2D eigenvalue weighted by Gasteiger charge is 2.45. The summed E-state index contributed by atoms with van der Waals surface area (Å²) < 4.78 is 10.5. The number of imide groups is 1. The van der Waals surface area contributed by atoms with Gasteiger partial charge in [-0.1, -0.05) is 18.2 Å². The number of carbonyl (C=O) groups excluding carboxylic acids is 3. The van der Waals surface area contributed by atoms with Gasteiger partial charge in [0, 0.05) is 0 Å². The molecule has 0 aromatic heterocycles. The van der Waals surface area contributed by atoms with Crippen molar-refractivity contribution in [3.05, 3.63) is 58.7 Å². The van der Waals surface area contributed by atoms with Gasteiger partial charge in [-0.05, 0) is 23.8 Å². The molecular formula is C18H14N2O5. The van der Waals surface area contributed by atoms with Gasteiger partial charge in [0.2, 0.25) is 0 Å². The summed E-state index contributed by atoms with van der Waals surface area (Å²) in [6, 6.07) is 9.94. The number of nitrogens with zero attached hydrogens (tertiary/aromatic N) is 2. The number of hydrogen-bond acceptors (Lipinski definition) is 5. The van der Waals surface area contributed by atoms with Gasteiger partial charge < -0.3 is 9.47 Å². The fourth-order valence-electron chi connectivity index (χ4n) is 3.25. The van der Waals surface area contributed by atoms with Gasteiger partial charge in [-0.15, -0.1) is 0 Å². The van der Waals surface area contributed by atoms with Crippen LogP contribution in [0.3, 0.4) is 0 Å². The molecule has 4 rings (SSSR count). The summed E-state index contributed by atoms with van der Waals surface area (Å²) in [6.07, 6.45) is 0. The first-order valence-corrected chi connectivity index (χ1v) is 7.62. The van der Waals surface area contributed by atoms with E-state index in [1.54, 1.807) is 36.4 Å². The standard InChI is InChI=1S/C18H14N2O5/c1-24-13-8-7-10-9-19(18(23)14(10)15(13)25-2)20-16(21)11-5-3-4-6-12(11)17(20)22/h3-8H,9H2,1-2H3. The molecule has 0 N–H and O–H groups in total. The number of ether oxygens (including phenoxy) is 2. The van der Waals surface area contributed by atoms with Crippen molar-refractivity contribution in [3.8, 4) is 11.5 Å². The molecule has 0 aliphatic carbocycles. The summed E-state index contributed by atoms with van der Waals surface area (Å²) in [7, 11) is 2.92. The molecule has 2 aliphatic heterocycles. The lowest BCUT2D eigenvalue weighted by Crippen LogP contribution is -2.46. The molecule has 3 amide bonds. The predicted octanol–water partition coefficient (Wildman–Crippen LogP) is 1.87. The first-order valence-electron chi connectivity index (χ1n) is 7.62. The molecule has 25 heavy (non-hydrogen) atoms. The zero-order valence-electron chi connectivity index (χ0n) is 13.6. The van der Waals surface area contributed by atoms with Crippen LogP contribution in [0.15, 0.2) is 36.4 Å². The van der Waals surface area contributed by atoms with E-state index in [9.17, 15) is 14.4 Å². The molecule has 0 bridgehead atoms. The Kier molecular flexibility index (Phi) is 3.24. The Labute approximate surface area is 143 Å². The van der Waals surface area contributed by atoms with Crippen LogP contribution in [0.4, 0.5) is 0 Å². The Bertz CT molecular complexity index is 902. The smallest absolute Gasteiger partial charge is 0.280 e. The van der Waals surface area contributed by atoms with Gasteiger partial charge in [0.15, 0.2) is 11.5 Å². The van der Waals surface area contributed by atoms with Crippen LogP contribution in [0.1, 0.15) is 36.6 Å².